The number of hydrogen-bond acceptors (Lipinski definition) is 6. The quantitative estimate of drug-likeness (QED) is 0.516. The molecule has 0 aromatic heterocycles. The summed E-state index contributed by atoms with van der Waals surface area (Å²) in [5.74, 6) is 0.786. The average Bonchev–Trinajstić information content (AvgIpc) is 3.48. The van der Waals surface area contributed by atoms with Crippen LogP contribution in [-0.4, -0.2) is 61.7 Å². The van der Waals surface area contributed by atoms with Crippen LogP contribution in [0.4, 0.5) is 0 Å². The summed E-state index contributed by atoms with van der Waals surface area (Å²) in [6.07, 6.45) is 4.82. The Labute approximate surface area is 176 Å². The number of carboxylic acid groups (broad SMARTS) is 1. The number of aliphatic carboxylic acids is 1. The molecule has 7 nitrogen and oxygen atoms in total. The van der Waals surface area contributed by atoms with Crippen molar-refractivity contribution in [2.45, 2.75) is 44.9 Å². The number of carboxylic acids is 1. The van der Waals surface area contributed by atoms with Gasteiger partial charge in [0.1, 0.15) is 12.2 Å². The van der Waals surface area contributed by atoms with Gasteiger partial charge in [0.2, 0.25) is 0 Å². The van der Waals surface area contributed by atoms with Crippen molar-refractivity contribution in [2.24, 2.45) is 5.92 Å². The van der Waals surface area contributed by atoms with Crippen molar-refractivity contribution in [3.63, 3.8) is 0 Å². The second-order valence-corrected chi connectivity index (χ2v) is 8.24. The van der Waals surface area contributed by atoms with Crippen molar-refractivity contribution in [1.29, 1.82) is 0 Å². The van der Waals surface area contributed by atoms with E-state index < -0.39 is 5.97 Å². The third-order valence-electron chi connectivity index (χ3n) is 5.93. The minimum absolute atomic E-state index is 0.144. The second kappa shape index (κ2) is 8.32. The highest BCUT2D eigenvalue weighted by atomic mass is 16.6. The lowest BCUT2D eigenvalue weighted by molar-refractivity contribution is -0.133. The second-order valence-electron chi connectivity index (χ2n) is 8.24. The van der Waals surface area contributed by atoms with Crippen molar-refractivity contribution in [1.82, 2.24) is 4.90 Å². The Hall–Kier alpha value is -2.51. The number of epoxide rings is 1. The molecular formula is C23H29NO6. The van der Waals surface area contributed by atoms with Gasteiger partial charge >= 0.3 is 5.97 Å². The molecule has 2 unspecified atom stereocenters. The van der Waals surface area contributed by atoms with E-state index in [1.165, 1.54) is 5.56 Å². The first-order valence-corrected chi connectivity index (χ1v) is 10.4. The number of nitrogens with zero attached hydrogens (tertiary/aromatic N) is 1. The fraction of sp³-hybridized carbons (Fsp3) is 0.522. The number of hydrogen-bond donors (Lipinski definition) is 1. The van der Waals surface area contributed by atoms with E-state index in [1.807, 2.05) is 12.1 Å². The average molecular weight is 415 g/mol. The first-order chi connectivity index (χ1) is 14.4. The number of rotatable bonds is 8. The highest BCUT2D eigenvalue weighted by Crippen LogP contribution is 2.45. The van der Waals surface area contributed by atoms with Crippen LogP contribution in [0.3, 0.4) is 0 Å². The van der Waals surface area contributed by atoms with Gasteiger partial charge in [0, 0.05) is 43.6 Å². The van der Waals surface area contributed by atoms with Gasteiger partial charge in [-0.3, -0.25) is 0 Å². The molecule has 0 aliphatic carbocycles. The van der Waals surface area contributed by atoms with Crippen molar-refractivity contribution in [2.75, 3.05) is 27.4 Å². The van der Waals surface area contributed by atoms with E-state index in [4.69, 9.17) is 18.9 Å². The molecule has 1 aromatic rings. The molecule has 1 fully saturated rings. The van der Waals surface area contributed by atoms with Gasteiger partial charge in [0.05, 0.1) is 19.3 Å². The number of benzene rings is 1. The minimum Gasteiger partial charge on any atom is -0.493 e. The van der Waals surface area contributed by atoms with E-state index in [0.29, 0.717) is 30.5 Å². The van der Waals surface area contributed by atoms with E-state index in [-0.39, 0.29) is 18.2 Å². The van der Waals surface area contributed by atoms with E-state index in [9.17, 15) is 9.90 Å². The van der Waals surface area contributed by atoms with Crippen molar-refractivity contribution < 1.29 is 28.8 Å². The first-order valence-electron chi connectivity index (χ1n) is 10.4. The number of carbonyl (C=O) groups is 1. The number of fused-ring (bicyclic) bond motifs is 4. The molecule has 1 saturated heterocycles. The molecule has 7 heteroatoms. The molecule has 0 amide bonds. The summed E-state index contributed by atoms with van der Waals surface area (Å²) in [6, 6.07) is 4.20. The van der Waals surface area contributed by atoms with Gasteiger partial charge in [-0.2, -0.15) is 0 Å². The molecule has 1 N–H and O–H groups in total. The highest BCUT2D eigenvalue weighted by Gasteiger charge is 2.47. The molecule has 30 heavy (non-hydrogen) atoms. The van der Waals surface area contributed by atoms with E-state index >= 15 is 0 Å². The molecule has 0 radical (unpaired) electrons. The molecule has 4 rings (SSSR count). The number of methoxy groups -OCH3 is 2. The molecule has 0 spiro atoms. The zero-order valence-electron chi connectivity index (χ0n) is 17.9. The predicted octanol–water partition coefficient (Wildman–Crippen LogP) is 3.08. The Morgan fingerprint density at radius 1 is 1.27 bits per heavy atom. The molecule has 162 valence electrons. The zero-order chi connectivity index (χ0) is 21.4. The van der Waals surface area contributed by atoms with Gasteiger partial charge in [-0.05, 0) is 36.1 Å². The predicted molar refractivity (Wildman–Crippen MR) is 112 cm³/mol. The monoisotopic (exact) mass is 415 g/mol. The molecule has 0 bridgehead atoms. The van der Waals surface area contributed by atoms with Crippen LogP contribution < -0.4 is 9.47 Å². The van der Waals surface area contributed by atoms with Crippen molar-refractivity contribution in [3.05, 3.63) is 41.1 Å². The minimum atomic E-state index is -0.928. The number of ether oxygens (including phenoxy) is 4. The summed E-state index contributed by atoms with van der Waals surface area (Å²) >= 11 is 0. The Morgan fingerprint density at radius 3 is 2.73 bits per heavy atom. The maximum absolute atomic E-state index is 11.8. The van der Waals surface area contributed by atoms with E-state index in [0.717, 1.165) is 29.9 Å². The van der Waals surface area contributed by atoms with Crippen LogP contribution in [0.1, 0.15) is 31.4 Å². The Balaban J connectivity index is 1.74. The van der Waals surface area contributed by atoms with Crippen LogP contribution in [0.2, 0.25) is 0 Å². The molecule has 3 heterocycles. The van der Waals surface area contributed by atoms with Gasteiger partial charge in [-0.1, -0.05) is 13.8 Å². The van der Waals surface area contributed by atoms with Crippen LogP contribution in [0.15, 0.2) is 30.0 Å². The molecule has 3 aliphatic rings. The normalized spacial score (nSPS) is 24.2. The molecule has 0 saturated carbocycles. The SMILES string of the molecule is COCCCOc1cc2c(cc1OC)C1=CC3OC3C(C(=O)O)=CN1[C@H](C(C)C)C2. The van der Waals surface area contributed by atoms with E-state index in [2.05, 4.69) is 24.8 Å². The van der Waals surface area contributed by atoms with Gasteiger partial charge in [0.15, 0.2) is 11.5 Å². The largest absolute Gasteiger partial charge is 0.493 e. The van der Waals surface area contributed by atoms with Crippen LogP contribution in [0, 0.1) is 5.92 Å². The van der Waals surface area contributed by atoms with E-state index in [1.54, 1.807) is 20.4 Å². The smallest absolute Gasteiger partial charge is 0.335 e. The zero-order valence-corrected chi connectivity index (χ0v) is 17.9. The van der Waals surface area contributed by atoms with Gasteiger partial charge in [-0.15, -0.1) is 0 Å². The Morgan fingerprint density at radius 2 is 2.07 bits per heavy atom. The first kappa shape index (κ1) is 20.8. The lowest BCUT2D eigenvalue weighted by Crippen LogP contribution is -2.40. The third-order valence-corrected chi connectivity index (χ3v) is 5.93. The molecule has 3 atom stereocenters. The van der Waals surface area contributed by atoms with Crippen LogP contribution in [0.25, 0.3) is 5.70 Å². The third kappa shape index (κ3) is 3.79. The molecule has 1 aromatic carbocycles. The van der Waals surface area contributed by atoms with Crippen LogP contribution in [-0.2, 0) is 20.7 Å². The van der Waals surface area contributed by atoms with Crippen molar-refractivity contribution in [3.8, 4) is 11.5 Å². The summed E-state index contributed by atoms with van der Waals surface area (Å²) in [4.78, 5) is 13.9. The Kier molecular flexibility index (Phi) is 5.75. The van der Waals surface area contributed by atoms with Gasteiger partial charge < -0.3 is 29.0 Å². The summed E-state index contributed by atoms with van der Waals surface area (Å²) < 4.78 is 22.3. The fourth-order valence-corrected chi connectivity index (χ4v) is 4.26. The topological polar surface area (TPSA) is 80.8 Å². The van der Waals surface area contributed by atoms with Crippen molar-refractivity contribution >= 4 is 11.7 Å². The van der Waals surface area contributed by atoms with Gasteiger partial charge in [-0.25, -0.2) is 4.79 Å². The highest BCUT2D eigenvalue weighted by molar-refractivity contribution is 5.90. The van der Waals surface area contributed by atoms with Crippen LogP contribution in [0.5, 0.6) is 11.5 Å². The molecule has 3 aliphatic heterocycles. The fourth-order valence-electron chi connectivity index (χ4n) is 4.26. The summed E-state index contributed by atoms with van der Waals surface area (Å²) in [5.41, 5.74) is 3.49. The summed E-state index contributed by atoms with van der Waals surface area (Å²) in [7, 11) is 3.31. The standard InChI is InChI=1S/C23H29NO6/c1-13(2)17-8-14-9-20(29-7-5-6-27-3)19(28-4)10-15(14)18-11-21-22(30-21)16(23(25)26)12-24(17)18/h9-13,17,21-22H,5-8H2,1-4H3,(H,25,26)/t17-,21?,22?/m0/s1. The lowest BCUT2D eigenvalue weighted by atomic mass is 9.86. The summed E-state index contributed by atoms with van der Waals surface area (Å²) in [6.45, 7) is 5.52. The Bertz CT molecular complexity index is 890. The lowest BCUT2D eigenvalue weighted by Gasteiger charge is -2.41. The summed E-state index contributed by atoms with van der Waals surface area (Å²) in [5, 5.41) is 9.67. The van der Waals surface area contributed by atoms with Crippen LogP contribution >= 0.6 is 0 Å². The van der Waals surface area contributed by atoms with Gasteiger partial charge in [0.25, 0.3) is 0 Å². The molecular weight excluding hydrogens is 386 g/mol. The maximum Gasteiger partial charge on any atom is 0.335 e. The maximum atomic E-state index is 11.8.